The van der Waals surface area contributed by atoms with Gasteiger partial charge in [0.1, 0.15) is 11.4 Å². The summed E-state index contributed by atoms with van der Waals surface area (Å²) < 4.78 is 1.06. The van der Waals surface area contributed by atoms with Crippen LogP contribution >= 0.6 is 27.7 Å². The Morgan fingerprint density at radius 2 is 2.00 bits per heavy atom. The number of hydrogen-bond donors (Lipinski definition) is 1. The number of carbonyl (C=O) groups excluding carboxylic acids is 1. The second-order valence-corrected chi connectivity index (χ2v) is 6.28. The Kier molecular flexibility index (Phi) is 3.58. The van der Waals surface area contributed by atoms with Crippen LogP contribution in [0.5, 0.6) is 0 Å². The fourth-order valence-corrected chi connectivity index (χ4v) is 2.48. The quantitative estimate of drug-likeness (QED) is 0.872. The smallest absolute Gasteiger partial charge is 0.252 e. The van der Waals surface area contributed by atoms with Crippen LogP contribution in [0, 0.1) is 0 Å². The van der Waals surface area contributed by atoms with E-state index in [1.54, 1.807) is 11.8 Å². The van der Waals surface area contributed by atoms with Crippen LogP contribution in [0.1, 0.15) is 13.8 Å². The highest BCUT2D eigenvalue weighted by molar-refractivity contribution is 9.10. The first-order valence-corrected chi connectivity index (χ1v) is 7.04. The van der Waals surface area contributed by atoms with Crippen molar-refractivity contribution in [3.05, 3.63) is 28.7 Å². The molecule has 0 saturated carbocycles. The van der Waals surface area contributed by atoms with Gasteiger partial charge in [0.15, 0.2) is 0 Å². The van der Waals surface area contributed by atoms with E-state index in [4.69, 9.17) is 0 Å². The molecule has 90 valence electrons. The molecular weight excluding hydrogens is 300 g/mol. The molecule has 1 N–H and O–H groups in total. The molecule has 17 heavy (non-hydrogen) atoms. The lowest BCUT2D eigenvalue weighted by atomic mass is 10.1. The first-order chi connectivity index (χ1) is 7.97. The van der Waals surface area contributed by atoms with Crippen molar-refractivity contribution in [2.75, 3.05) is 5.75 Å². The van der Waals surface area contributed by atoms with Crippen molar-refractivity contribution in [2.45, 2.75) is 24.3 Å². The Morgan fingerprint density at radius 3 is 2.53 bits per heavy atom. The van der Waals surface area contributed by atoms with Gasteiger partial charge in [-0.1, -0.05) is 15.9 Å². The summed E-state index contributed by atoms with van der Waals surface area (Å²) >= 11 is 5.06. The molecule has 1 aromatic carbocycles. The summed E-state index contributed by atoms with van der Waals surface area (Å²) in [7, 11) is 0. The standard InChI is InChI=1S/C12H13BrN2OS/c1-12(2)11(16)14-10(15-12)7-17-9-5-3-8(13)4-6-9/h3-6H,7H2,1-2H3,(H,14,15,16). The van der Waals surface area contributed by atoms with Gasteiger partial charge in [-0.3, -0.25) is 9.79 Å². The lowest BCUT2D eigenvalue weighted by Crippen LogP contribution is -2.34. The van der Waals surface area contributed by atoms with Gasteiger partial charge in [0.2, 0.25) is 0 Å². The third-order valence-electron chi connectivity index (χ3n) is 2.42. The molecule has 1 amide bonds. The number of amides is 1. The van der Waals surface area contributed by atoms with Crippen molar-refractivity contribution >= 4 is 39.4 Å². The Labute approximate surface area is 113 Å². The average molecular weight is 313 g/mol. The fourth-order valence-electron chi connectivity index (χ4n) is 1.45. The van der Waals surface area contributed by atoms with Crippen LogP contribution in [-0.2, 0) is 4.79 Å². The predicted molar refractivity (Wildman–Crippen MR) is 74.5 cm³/mol. The van der Waals surface area contributed by atoms with Crippen LogP contribution in [0.25, 0.3) is 0 Å². The van der Waals surface area contributed by atoms with Crippen LogP contribution in [0.3, 0.4) is 0 Å². The third kappa shape index (κ3) is 3.10. The number of rotatable bonds is 3. The SMILES string of the molecule is CC1(C)N=C(CSc2ccc(Br)cc2)NC1=O. The van der Waals surface area contributed by atoms with E-state index in [1.807, 2.05) is 38.1 Å². The highest BCUT2D eigenvalue weighted by atomic mass is 79.9. The summed E-state index contributed by atoms with van der Waals surface area (Å²) in [5.74, 6) is 1.42. The van der Waals surface area contributed by atoms with Crippen molar-refractivity contribution < 1.29 is 4.79 Å². The Balaban J connectivity index is 1.96. The number of thioether (sulfide) groups is 1. The van der Waals surface area contributed by atoms with Crippen molar-refractivity contribution in [3.8, 4) is 0 Å². The minimum absolute atomic E-state index is 0.0242. The average Bonchev–Trinajstić information content (AvgIpc) is 2.52. The molecule has 0 spiro atoms. The topological polar surface area (TPSA) is 41.5 Å². The van der Waals surface area contributed by atoms with E-state index in [9.17, 15) is 4.79 Å². The maximum absolute atomic E-state index is 11.5. The van der Waals surface area contributed by atoms with E-state index in [-0.39, 0.29) is 5.91 Å². The summed E-state index contributed by atoms with van der Waals surface area (Å²) in [6.45, 7) is 3.64. The van der Waals surface area contributed by atoms with E-state index in [0.29, 0.717) is 5.75 Å². The maximum atomic E-state index is 11.5. The highest BCUT2D eigenvalue weighted by Gasteiger charge is 2.33. The summed E-state index contributed by atoms with van der Waals surface area (Å²) in [5, 5.41) is 2.81. The molecule has 0 aromatic heterocycles. The molecule has 0 atom stereocenters. The minimum atomic E-state index is -0.615. The van der Waals surface area contributed by atoms with Gasteiger partial charge in [-0.05, 0) is 38.1 Å². The number of benzene rings is 1. The maximum Gasteiger partial charge on any atom is 0.252 e. The van der Waals surface area contributed by atoms with Gasteiger partial charge in [-0.25, -0.2) is 0 Å². The molecule has 1 aliphatic heterocycles. The number of nitrogens with zero attached hydrogens (tertiary/aromatic N) is 1. The van der Waals surface area contributed by atoms with Crippen LogP contribution in [0.2, 0.25) is 0 Å². The lowest BCUT2D eigenvalue weighted by molar-refractivity contribution is -0.122. The zero-order valence-corrected chi connectivity index (χ0v) is 12.1. The number of carbonyl (C=O) groups is 1. The molecule has 0 saturated heterocycles. The first kappa shape index (κ1) is 12.6. The van der Waals surface area contributed by atoms with Gasteiger partial charge in [-0.15, -0.1) is 11.8 Å². The normalized spacial score (nSPS) is 17.8. The molecular formula is C12H13BrN2OS. The second kappa shape index (κ2) is 4.82. The molecule has 0 radical (unpaired) electrons. The van der Waals surface area contributed by atoms with Gasteiger partial charge < -0.3 is 5.32 Å². The van der Waals surface area contributed by atoms with E-state index in [0.717, 1.165) is 15.2 Å². The van der Waals surface area contributed by atoms with E-state index in [2.05, 4.69) is 26.2 Å². The van der Waals surface area contributed by atoms with Gasteiger partial charge in [-0.2, -0.15) is 0 Å². The lowest BCUT2D eigenvalue weighted by Gasteiger charge is -2.07. The monoisotopic (exact) mass is 312 g/mol. The van der Waals surface area contributed by atoms with Crippen LogP contribution in [0.4, 0.5) is 0 Å². The molecule has 5 heteroatoms. The van der Waals surface area contributed by atoms with Crippen molar-refractivity contribution in [1.29, 1.82) is 0 Å². The molecule has 1 aromatic rings. The van der Waals surface area contributed by atoms with Gasteiger partial charge in [0, 0.05) is 9.37 Å². The largest absolute Gasteiger partial charge is 0.312 e. The zero-order valence-electron chi connectivity index (χ0n) is 9.66. The Bertz CT molecular complexity index is 468. The summed E-state index contributed by atoms with van der Waals surface area (Å²) in [4.78, 5) is 17.0. The molecule has 2 rings (SSSR count). The van der Waals surface area contributed by atoms with Crippen LogP contribution in [-0.4, -0.2) is 23.0 Å². The van der Waals surface area contributed by atoms with Gasteiger partial charge in [0.05, 0.1) is 5.75 Å². The minimum Gasteiger partial charge on any atom is -0.312 e. The molecule has 3 nitrogen and oxygen atoms in total. The number of halogens is 1. The fraction of sp³-hybridized carbons (Fsp3) is 0.333. The molecule has 0 aliphatic carbocycles. The molecule has 0 bridgehead atoms. The Morgan fingerprint density at radius 1 is 1.35 bits per heavy atom. The number of amidine groups is 1. The van der Waals surface area contributed by atoms with Gasteiger partial charge >= 0.3 is 0 Å². The third-order valence-corrected chi connectivity index (χ3v) is 3.97. The molecule has 0 unspecified atom stereocenters. The molecule has 0 fully saturated rings. The van der Waals surface area contributed by atoms with E-state index < -0.39 is 5.54 Å². The number of hydrogen-bond acceptors (Lipinski definition) is 3. The number of nitrogens with one attached hydrogen (secondary N) is 1. The van der Waals surface area contributed by atoms with Gasteiger partial charge in [0.25, 0.3) is 5.91 Å². The van der Waals surface area contributed by atoms with E-state index >= 15 is 0 Å². The van der Waals surface area contributed by atoms with Crippen molar-refractivity contribution in [1.82, 2.24) is 5.32 Å². The van der Waals surface area contributed by atoms with Crippen LogP contribution < -0.4 is 5.32 Å². The molecule has 1 heterocycles. The van der Waals surface area contributed by atoms with Crippen molar-refractivity contribution in [3.63, 3.8) is 0 Å². The van der Waals surface area contributed by atoms with E-state index in [1.165, 1.54) is 0 Å². The summed E-state index contributed by atoms with van der Waals surface area (Å²) in [5.41, 5.74) is -0.615. The Hall–Kier alpha value is -0.810. The summed E-state index contributed by atoms with van der Waals surface area (Å²) in [6.07, 6.45) is 0. The van der Waals surface area contributed by atoms with Crippen LogP contribution in [0.15, 0.2) is 38.6 Å². The predicted octanol–water partition coefficient (Wildman–Crippen LogP) is 2.85. The number of aliphatic imine (C=N–C) groups is 1. The first-order valence-electron chi connectivity index (χ1n) is 5.26. The highest BCUT2D eigenvalue weighted by Crippen LogP contribution is 2.22. The second-order valence-electron chi connectivity index (χ2n) is 4.31. The zero-order chi connectivity index (χ0) is 12.5. The summed E-state index contributed by atoms with van der Waals surface area (Å²) in [6, 6.07) is 8.08. The van der Waals surface area contributed by atoms with Crippen molar-refractivity contribution in [2.24, 2.45) is 4.99 Å². The molecule has 1 aliphatic rings.